The van der Waals surface area contributed by atoms with Gasteiger partial charge in [0.05, 0.1) is 11.0 Å². The minimum absolute atomic E-state index is 0. The van der Waals surface area contributed by atoms with Crippen molar-refractivity contribution in [3.05, 3.63) is 171 Å². The lowest BCUT2D eigenvalue weighted by Crippen LogP contribution is -2.44. The summed E-state index contributed by atoms with van der Waals surface area (Å²) in [7, 11) is 4.34. The highest BCUT2D eigenvalue weighted by Gasteiger charge is 2.16. The number of likely N-dealkylation sites (N-methyl/N-ethyl adjacent to an activating group) is 2. The van der Waals surface area contributed by atoms with Gasteiger partial charge in [0.1, 0.15) is 0 Å². The van der Waals surface area contributed by atoms with Crippen molar-refractivity contribution in [1.82, 2.24) is 29.7 Å². The Bertz CT molecular complexity index is 3130. The Morgan fingerprint density at radius 3 is 1.43 bits per heavy atom. The summed E-state index contributed by atoms with van der Waals surface area (Å²) in [4.78, 5) is 49.4. The van der Waals surface area contributed by atoms with Gasteiger partial charge in [-0.15, -0.1) is 0 Å². The summed E-state index contributed by atoms with van der Waals surface area (Å²) in [6.07, 6.45) is 5.99. The number of halogens is 1. The number of anilines is 8. The second-order valence-electron chi connectivity index (χ2n) is 17.2. The molecule has 5 N–H and O–H groups in total. The third-order valence-corrected chi connectivity index (χ3v) is 12.3. The highest BCUT2D eigenvalue weighted by atomic mass is 35.5. The Morgan fingerprint density at radius 2 is 1.00 bits per heavy atom. The van der Waals surface area contributed by atoms with Crippen LogP contribution < -0.4 is 31.5 Å². The van der Waals surface area contributed by atoms with E-state index in [-0.39, 0.29) is 13.3 Å². The zero-order chi connectivity index (χ0) is 49.7. The first kappa shape index (κ1) is 51.7. The molecule has 0 bridgehead atoms. The maximum absolute atomic E-state index is 11.7. The number of allylic oxidation sites excluding steroid dienone is 1. The molecule has 14 nitrogen and oxygen atoms in total. The lowest BCUT2D eigenvalue weighted by molar-refractivity contribution is -0.112. The SMILES string of the molecule is C.C=CC(=O)Cl.C=CC(=O)Nc1cccc(-c2cccc3cnc(Nc4ccc(N5CCN(C)CC5)cc4)nc23)c1.CN1CCN(c2ccc(Nc3ncc4cccc(-c5cccc(N)c5)c4n3)cc2)CC1. The minimum atomic E-state index is -0.509. The Kier molecular flexibility index (Phi) is 17.6. The van der Waals surface area contributed by atoms with Gasteiger partial charge >= 0.3 is 0 Å². The molecule has 0 radical (unpaired) electrons. The van der Waals surface area contributed by atoms with Gasteiger partial charge in [-0.05, 0) is 122 Å². The molecule has 0 atom stereocenters. The van der Waals surface area contributed by atoms with E-state index in [9.17, 15) is 9.59 Å². The normalized spacial score (nSPS) is 13.6. The number of fused-ring (bicyclic) bond motifs is 2. The average Bonchev–Trinajstić information content (AvgIpc) is 3.39. The summed E-state index contributed by atoms with van der Waals surface area (Å²) in [6.45, 7) is 15.1. The number of benzene rings is 6. The number of nitrogens with one attached hydrogen (secondary N) is 3. The molecular weight excluding hydrogens is 920 g/mol. The second-order valence-corrected chi connectivity index (χ2v) is 17.6. The highest BCUT2D eigenvalue weighted by molar-refractivity contribution is 6.66. The first-order chi connectivity index (χ1) is 34.5. The van der Waals surface area contributed by atoms with Gasteiger partial charge in [-0.2, -0.15) is 0 Å². The molecule has 2 saturated heterocycles. The van der Waals surface area contributed by atoms with Crippen molar-refractivity contribution in [1.29, 1.82) is 0 Å². The third kappa shape index (κ3) is 13.6. The van der Waals surface area contributed by atoms with Crippen LogP contribution in [0, 0.1) is 0 Å². The van der Waals surface area contributed by atoms with Crippen molar-refractivity contribution < 1.29 is 9.59 Å². The van der Waals surface area contributed by atoms with Crippen molar-refractivity contribution in [3.63, 3.8) is 0 Å². The van der Waals surface area contributed by atoms with Crippen LogP contribution in [0.2, 0.25) is 0 Å². The zero-order valence-electron chi connectivity index (χ0n) is 39.9. The van der Waals surface area contributed by atoms with E-state index in [4.69, 9.17) is 27.3 Å². The summed E-state index contributed by atoms with van der Waals surface area (Å²) in [6, 6.07) is 44.6. The van der Waals surface area contributed by atoms with Crippen LogP contribution in [0.1, 0.15) is 7.43 Å². The summed E-state index contributed by atoms with van der Waals surface area (Å²) in [5.74, 6) is 0.872. The number of hydrogen-bond acceptors (Lipinski definition) is 13. The second kappa shape index (κ2) is 24.6. The molecule has 2 aromatic heterocycles. The first-order valence-electron chi connectivity index (χ1n) is 23.4. The molecule has 6 aromatic carbocycles. The third-order valence-electron chi connectivity index (χ3n) is 12.2. The maximum Gasteiger partial charge on any atom is 0.247 e. The highest BCUT2D eigenvalue weighted by Crippen LogP contribution is 2.32. The molecule has 2 aliphatic rings. The minimum Gasteiger partial charge on any atom is -0.399 e. The predicted octanol–water partition coefficient (Wildman–Crippen LogP) is 10.9. The summed E-state index contributed by atoms with van der Waals surface area (Å²) < 4.78 is 0. The number of hydrogen-bond donors (Lipinski definition) is 4. The largest absolute Gasteiger partial charge is 0.399 e. The van der Waals surface area contributed by atoms with Crippen LogP contribution in [0.15, 0.2) is 171 Å². The van der Waals surface area contributed by atoms with Gasteiger partial charge in [-0.1, -0.05) is 81.2 Å². The molecule has 0 spiro atoms. The van der Waals surface area contributed by atoms with Crippen LogP contribution in [0.5, 0.6) is 0 Å². The number of nitrogen functional groups attached to an aromatic ring is 1. The lowest BCUT2D eigenvalue weighted by atomic mass is 10.0. The number of piperazine rings is 2. The lowest BCUT2D eigenvalue weighted by Gasteiger charge is -2.34. The molecule has 0 aliphatic carbocycles. The van der Waals surface area contributed by atoms with E-state index in [1.807, 2.05) is 85.2 Å². The fourth-order valence-electron chi connectivity index (χ4n) is 8.26. The standard InChI is InChI=1S/C28H28N6O.C25H26N6.C3H3ClO.CH4/c1-3-26(35)30-23-8-4-6-20(18-23)25-9-5-7-21-19-29-28(32-27(21)25)31-22-10-12-24(13-11-22)34-16-14-33(2)15-17-34;1-30-12-14-31(15-13-30)22-10-8-21(9-11-22)28-25-27-17-19-5-3-7-23(24(19)29-25)18-4-2-6-20(26)16-18;1-2-3(4)5;/h3-13,18-19H,1,14-17H2,2H3,(H,30,35)(H,29,31,32);2-11,16-17H,12-15,26H2,1H3,(H,27,28,29);2H,1H2;1H4. The number of para-hydroxylation sites is 2. The quantitative estimate of drug-likeness (QED) is 0.0551. The van der Waals surface area contributed by atoms with Crippen LogP contribution in [-0.2, 0) is 9.59 Å². The van der Waals surface area contributed by atoms with E-state index in [1.54, 1.807) is 0 Å². The molecule has 2 aliphatic heterocycles. The predicted molar refractivity (Wildman–Crippen MR) is 300 cm³/mol. The van der Waals surface area contributed by atoms with Crippen LogP contribution in [0.25, 0.3) is 44.1 Å². The fraction of sp³-hybridized carbons (Fsp3) is 0.193. The van der Waals surface area contributed by atoms with Gasteiger partial charge < -0.3 is 41.3 Å². The van der Waals surface area contributed by atoms with Crippen LogP contribution in [-0.4, -0.2) is 107 Å². The molecule has 2 fully saturated rings. The molecule has 72 heavy (non-hydrogen) atoms. The van der Waals surface area contributed by atoms with E-state index in [0.29, 0.717) is 17.6 Å². The van der Waals surface area contributed by atoms with Crippen LogP contribution >= 0.6 is 11.6 Å². The van der Waals surface area contributed by atoms with Crippen LogP contribution in [0.4, 0.5) is 46.0 Å². The number of carbonyl (C=O) groups is 2. The smallest absolute Gasteiger partial charge is 0.247 e. The topological polar surface area (TPSA) is 161 Å². The van der Waals surface area contributed by atoms with Crippen molar-refractivity contribution in [3.8, 4) is 22.3 Å². The summed E-state index contributed by atoms with van der Waals surface area (Å²) >= 11 is 4.71. The molecule has 15 heteroatoms. The van der Waals surface area contributed by atoms with E-state index in [0.717, 1.165) is 120 Å². The Balaban J connectivity index is 0.000000192. The van der Waals surface area contributed by atoms with Crippen molar-refractivity contribution in [2.45, 2.75) is 7.43 Å². The maximum atomic E-state index is 11.7. The molecule has 8 aromatic rings. The molecule has 368 valence electrons. The fourth-order valence-corrected chi connectivity index (χ4v) is 8.26. The van der Waals surface area contributed by atoms with Crippen LogP contribution in [0.3, 0.4) is 0 Å². The number of amides is 1. The number of nitrogens with zero attached hydrogens (tertiary/aromatic N) is 8. The average molecular weight is 982 g/mol. The number of rotatable bonds is 11. The Labute approximate surface area is 426 Å². The molecule has 0 saturated carbocycles. The molecular formula is C57H61ClN12O2. The number of nitrogens with two attached hydrogens (primary N) is 1. The monoisotopic (exact) mass is 980 g/mol. The first-order valence-corrected chi connectivity index (χ1v) is 23.7. The van der Waals surface area contributed by atoms with E-state index in [1.165, 1.54) is 17.5 Å². The van der Waals surface area contributed by atoms with Crippen molar-refractivity contribution in [2.75, 3.05) is 97.9 Å². The molecule has 10 rings (SSSR count). The van der Waals surface area contributed by atoms with Gasteiger partial charge in [0, 0.05) is 121 Å². The van der Waals surface area contributed by atoms with E-state index < -0.39 is 5.24 Å². The number of aromatic nitrogens is 4. The molecule has 4 heterocycles. The molecule has 1 amide bonds. The van der Waals surface area contributed by atoms with Crippen molar-refractivity contribution in [2.24, 2.45) is 0 Å². The van der Waals surface area contributed by atoms with Gasteiger partial charge in [0.15, 0.2) is 0 Å². The zero-order valence-corrected chi connectivity index (χ0v) is 40.7. The van der Waals surface area contributed by atoms with E-state index >= 15 is 0 Å². The van der Waals surface area contributed by atoms with Gasteiger partial charge in [-0.3, -0.25) is 9.59 Å². The molecule has 0 unspecified atom stereocenters. The van der Waals surface area contributed by atoms with E-state index in [2.05, 4.69) is 133 Å². The van der Waals surface area contributed by atoms with Gasteiger partial charge in [0.2, 0.25) is 23.0 Å². The van der Waals surface area contributed by atoms with Gasteiger partial charge in [-0.25, -0.2) is 19.9 Å². The van der Waals surface area contributed by atoms with Crippen molar-refractivity contribution >= 4 is 90.6 Å². The Hall–Kier alpha value is -8.17. The van der Waals surface area contributed by atoms with Gasteiger partial charge in [0.25, 0.3) is 0 Å². The summed E-state index contributed by atoms with van der Waals surface area (Å²) in [5.41, 5.74) is 17.6. The Morgan fingerprint density at radius 1 is 0.569 bits per heavy atom. The number of carbonyl (C=O) groups excluding carboxylic acids is 2. The summed E-state index contributed by atoms with van der Waals surface area (Å²) in [5, 5.41) is 10.9.